The van der Waals surface area contributed by atoms with Crippen molar-refractivity contribution in [2.45, 2.75) is 0 Å². The molecule has 2 aromatic carbocycles. The van der Waals surface area contributed by atoms with Crippen molar-refractivity contribution < 1.29 is 9.18 Å². The molecule has 0 aromatic heterocycles. The summed E-state index contributed by atoms with van der Waals surface area (Å²) >= 11 is 3.22. The van der Waals surface area contributed by atoms with Gasteiger partial charge in [0, 0.05) is 16.2 Å². The van der Waals surface area contributed by atoms with Crippen molar-refractivity contribution in [3.8, 4) is 0 Å². The number of hydrogen-bond donors (Lipinski definition) is 2. The van der Waals surface area contributed by atoms with Crippen LogP contribution in [0.3, 0.4) is 0 Å². The van der Waals surface area contributed by atoms with Crippen molar-refractivity contribution >= 4 is 39.3 Å². The number of carbonyl (C=O) groups is 1. The van der Waals surface area contributed by atoms with Crippen LogP contribution in [0.4, 0.5) is 15.8 Å². The van der Waals surface area contributed by atoms with E-state index in [1.54, 1.807) is 36.4 Å². The number of rotatable bonds is 3. The normalized spacial score (nSPS) is 10.7. The van der Waals surface area contributed by atoms with E-state index in [4.69, 9.17) is 5.73 Å². The molecule has 0 aliphatic rings. The summed E-state index contributed by atoms with van der Waals surface area (Å²) in [5.41, 5.74) is 7.19. The first-order chi connectivity index (χ1) is 9.54. The summed E-state index contributed by atoms with van der Waals surface area (Å²) in [7, 11) is 0. The summed E-state index contributed by atoms with van der Waals surface area (Å²) in [6, 6.07) is 11.4. The smallest absolute Gasteiger partial charge is 0.248 e. The lowest BCUT2D eigenvalue weighted by Crippen LogP contribution is -2.09. The number of nitrogens with one attached hydrogen (secondary N) is 1. The summed E-state index contributed by atoms with van der Waals surface area (Å²) in [5, 5.41) is 2.48. The van der Waals surface area contributed by atoms with E-state index in [1.165, 1.54) is 18.2 Å². The predicted molar refractivity (Wildman–Crippen MR) is 82.6 cm³/mol. The van der Waals surface area contributed by atoms with Gasteiger partial charge in [-0.1, -0.05) is 28.1 Å². The lowest BCUT2D eigenvalue weighted by molar-refractivity contribution is -0.111. The van der Waals surface area contributed by atoms with E-state index in [2.05, 4.69) is 21.2 Å². The van der Waals surface area contributed by atoms with Gasteiger partial charge in [0.2, 0.25) is 5.91 Å². The first-order valence-corrected chi connectivity index (χ1v) is 6.63. The number of carbonyl (C=O) groups excluding carboxylic acids is 1. The molecule has 0 aliphatic carbocycles. The van der Waals surface area contributed by atoms with Gasteiger partial charge in [0.1, 0.15) is 5.82 Å². The van der Waals surface area contributed by atoms with Crippen LogP contribution in [0.5, 0.6) is 0 Å². The second kappa shape index (κ2) is 6.34. The Morgan fingerprint density at radius 3 is 2.60 bits per heavy atom. The summed E-state index contributed by atoms with van der Waals surface area (Å²) in [6.45, 7) is 0. The largest absolute Gasteiger partial charge is 0.399 e. The van der Waals surface area contributed by atoms with Gasteiger partial charge in [-0.3, -0.25) is 4.79 Å². The van der Waals surface area contributed by atoms with E-state index in [-0.39, 0.29) is 5.69 Å². The number of hydrogen-bond acceptors (Lipinski definition) is 2. The lowest BCUT2D eigenvalue weighted by atomic mass is 10.2. The molecular weight excluding hydrogens is 323 g/mol. The number of nitrogen functional groups attached to an aromatic ring is 1. The molecule has 0 heterocycles. The van der Waals surface area contributed by atoms with Crippen molar-refractivity contribution in [3.63, 3.8) is 0 Å². The van der Waals surface area contributed by atoms with Crippen LogP contribution in [-0.2, 0) is 4.79 Å². The Balaban J connectivity index is 2.05. The lowest BCUT2D eigenvalue weighted by Gasteiger charge is -2.04. The van der Waals surface area contributed by atoms with Crippen molar-refractivity contribution in [1.29, 1.82) is 0 Å². The molecule has 0 atom stereocenters. The minimum Gasteiger partial charge on any atom is -0.399 e. The monoisotopic (exact) mass is 334 g/mol. The van der Waals surface area contributed by atoms with E-state index in [0.29, 0.717) is 10.2 Å². The second-order valence-electron chi connectivity index (χ2n) is 4.11. The third-order valence-corrected chi connectivity index (χ3v) is 3.04. The maximum Gasteiger partial charge on any atom is 0.248 e. The number of halogens is 2. The summed E-state index contributed by atoms with van der Waals surface area (Å²) in [4.78, 5) is 11.7. The van der Waals surface area contributed by atoms with E-state index >= 15 is 0 Å². The van der Waals surface area contributed by atoms with Crippen LogP contribution in [0.15, 0.2) is 53.0 Å². The Morgan fingerprint density at radius 2 is 1.90 bits per heavy atom. The Hall–Kier alpha value is -2.14. The molecule has 0 radical (unpaired) electrons. The summed E-state index contributed by atoms with van der Waals surface area (Å²) in [6.07, 6.45) is 2.97. The van der Waals surface area contributed by atoms with Crippen LogP contribution in [-0.4, -0.2) is 5.91 Å². The Bertz CT molecular complexity index is 653. The van der Waals surface area contributed by atoms with Gasteiger partial charge in [0.15, 0.2) is 0 Å². The average Bonchev–Trinajstić information content (AvgIpc) is 2.42. The topological polar surface area (TPSA) is 55.1 Å². The summed E-state index contributed by atoms with van der Waals surface area (Å²) in [5.74, 6) is -0.888. The van der Waals surface area contributed by atoms with Gasteiger partial charge in [0.05, 0.1) is 5.69 Å². The van der Waals surface area contributed by atoms with Crippen molar-refractivity contribution in [2.24, 2.45) is 0 Å². The molecule has 0 unspecified atom stereocenters. The third-order valence-electron chi connectivity index (χ3n) is 2.55. The minimum absolute atomic E-state index is 0.131. The Kier molecular flexibility index (Phi) is 4.53. The molecule has 5 heteroatoms. The van der Waals surface area contributed by atoms with E-state index in [1.807, 2.05) is 0 Å². The first-order valence-electron chi connectivity index (χ1n) is 5.84. The van der Waals surface area contributed by atoms with Crippen LogP contribution in [0.25, 0.3) is 6.08 Å². The summed E-state index contributed by atoms with van der Waals surface area (Å²) < 4.78 is 14.2. The highest BCUT2D eigenvalue weighted by atomic mass is 79.9. The zero-order valence-electron chi connectivity index (χ0n) is 10.4. The standard InChI is InChI=1S/C15H12BrFN2O/c16-11-4-7-13(17)14(9-11)19-15(20)8-3-10-1-5-12(18)6-2-10/h1-9H,18H2,(H,19,20)/b8-3+. The van der Waals surface area contributed by atoms with Crippen LogP contribution in [0.1, 0.15) is 5.56 Å². The molecule has 1 amide bonds. The van der Waals surface area contributed by atoms with Crippen molar-refractivity contribution in [3.05, 3.63) is 64.4 Å². The highest BCUT2D eigenvalue weighted by Gasteiger charge is 2.05. The number of anilines is 2. The predicted octanol–water partition coefficient (Wildman–Crippen LogP) is 3.82. The van der Waals surface area contributed by atoms with Crippen molar-refractivity contribution in [1.82, 2.24) is 0 Å². The number of nitrogens with two attached hydrogens (primary N) is 1. The fourth-order valence-electron chi connectivity index (χ4n) is 1.55. The van der Waals surface area contributed by atoms with Gasteiger partial charge < -0.3 is 11.1 Å². The van der Waals surface area contributed by atoms with Crippen LogP contribution >= 0.6 is 15.9 Å². The van der Waals surface area contributed by atoms with Crippen LogP contribution < -0.4 is 11.1 Å². The maximum atomic E-state index is 13.5. The zero-order chi connectivity index (χ0) is 14.5. The van der Waals surface area contributed by atoms with Gasteiger partial charge in [-0.25, -0.2) is 4.39 Å². The molecule has 0 saturated carbocycles. The number of amides is 1. The third kappa shape index (κ3) is 3.93. The zero-order valence-corrected chi connectivity index (χ0v) is 12.0. The average molecular weight is 335 g/mol. The molecule has 0 saturated heterocycles. The fourth-order valence-corrected chi connectivity index (χ4v) is 1.91. The molecule has 0 bridgehead atoms. The molecule has 2 aromatic rings. The molecule has 20 heavy (non-hydrogen) atoms. The second-order valence-corrected chi connectivity index (χ2v) is 5.03. The van der Waals surface area contributed by atoms with Gasteiger partial charge in [0.25, 0.3) is 0 Å². The van der Waals surface area contributed by atoms with E-state index in [9.17, 15) is 9.18 Å². The van der Waals surface area contributed by atoms with Gasteiger partial charge >= 0.3 is 0 Å². The molecule has 102 valence electrons. The molecule has 2 rings (SSSR count). The molecule has 3 N–H and O–H groups in total. The minimum atomic E-state index is -0.484. The quantitative estimate of drug-likeness (QED) is 0.662. The molecule has 0 spiro atoms. The fraction of sp³-hybridized carbons (Fsp3) is 0. The molecule has 0 aliphatic heterocycles. The SMILES string of the molecule is Nc1ccc(/C=C/C(=O)Nc2cc(Br)ccc2F)cc1. The first kappa shape index (κ1) is 14.3. The van der Waals surface area contributed by atoms with Crippen LogP contribution in [0, 0.1) is 5.82 Å². The van der Waals surface area contributed by atoms with Crippen molar-refractivity contribution in [2.75, 3.05) is 11.1 Å². The van der Waals surface area contributed by atoms with Crippen LogP contribution in [0.2, 0.25) is 0 Å². The highest BCUT2D eigenvalue weighted by molar-refractivity contribution is 9.10. The Morgan fingerprint density at radius 1 is 1.20 bits per heavy atom. The maximum absolute atomic E-state index is 13.5. The van der Waals surface area contributed by atoms with Gasteiger partial charge in [-0.2, -0.15) is 0 Å². The Labute approximate surface area is 124 Å². The van der Waals surface area contributed by atoms with Gasteiger partial charge in [-0.15, -0.1) is 0 Å². The number of benzene rings is 2. The molecular formula is C15H12BrFN2O. The highest BCUT2D eigenvalue weighted by Crippen LogP contribution is 2.20. The molecule has 0 fully saturated rings. The van der Waals surface area contributed by atoms with E-state index < -0.39 is 11.7 Å². The van der Waals surface area contributed by atoms with E-state index in [0.717, 1.165) is 5.56 Å². The van der Waals surface area contributed by atoms with Gasteiger partial charge in [-0.05, 0) is 42.0 Å². The molecule has 3 nitrogen and oxygen atoms in total.